The maximum atomic E-state index is 12.0. The number of thioether (sulfide) groups is 1. The zero-order valence-electron chi connectivity index (χ0n) is 13.0. The molecule has 2 N–H and O–H groups in total. The molecule has 23 heavy (non-hydrogen) atoms. The van der Waals surface area contributed by atoms with Gasteiger partial charge in [0.25, 0.3) is 0 Å². The highest BCUT2D eigenvalue weighted by Gasteiger charge is 2.22. The lowest BCUT2D eigenvalue weighted by atomic mass is 10.2. The Labute approximate surface area is 139 Å². The lowest BCUT2D eigenvalue weighted by Gasteiger charge is -2.16. The van der Waals surface area contributed by atoms with Crippen molar-refractivity contribution in [2.75, 3.05) is 5.75 Å². The van der Waals surface area contributed by atoms with E-state index in [9.17, 15) is 14.4 Å². The van der Waals surface area contributed by atoms with Gasteiger partial charge in [0.05, 0.1) is 12.1 Å². The molecule has 1 aromatic rings. The zero-order valence-corrected chi connectivity index (χ0v) is 13.9. The summed E-state index contributed by atoms with van der Waals surface area (Å²) in [4.78, 5) is 34.5. The largest absolute Gasteiger partial charge is 0.350 e. The van der Waals surface area contributed by atoms with E-state index in [0.717, 1.165) is 17.3 Å². The van der Waals surface area contributed by atoms with Crippen LogP contribution in [0.5, 0.6) is 0 Å². The first-order valence-corrected chi connectivity index (χ1v) is 8.09. The molecule has 0 aliphatic carbocycles. The Balaban J connectivity index is 2.52. The van der Waals surface area contributed by atoms with Crippen molar-refractivity contribution in [2.24, 2.45) is 0 Å². The highest BCUT2D eigenvalue weighted by Crippen LogP contribution is 2.13. The van der Waals surface area contributed by atoms with Crippen molar-refractivity contribution in [1.29, 1.82) is 5.26 Å². The quantitative estimate of drug-likeness (QED) is 0.740. The number of nitriles is 1. The Hall–Kier alpha value is -2.33. The molecule has 7 heteroatoms. The number of rotatable bonds is 8. The van der Waals surface area contributed by atoms with Gasteiger partial charge in [-0.2, -0.15) is 5.26 Å². The van der Waals surface area contributed by atoms with Crippen LogP contribution in [0.1, 0.15) is 19.4 Å². The van der Waals surface area contributed by atoms with E-state index >= 15 is 0 Å². The van der Waals surface area contributed by atoms with Gasteiger partial charge in [0.15, 0.2) is 11.0 Å². The Kier molecular flexibility index (Phi) is 7.84. The van der Waals surface area contributed by atoms with E-state index in [1.807, 2.05) is 36.4 Å². The third-order valence-corrected chi connectivity index (χ3v) is 4.14. The van der Waals surface area contributed by atoms with Gasteiger partial charge in [-0.25, -0.2) is 0 Å². The minimum absolute atomic E-state index is 0.173. The van der Waals surface area contributed by atoms with Gasteiger partial charge in [-0.1, -0.05) is 30.3 Å². The summed E-state index contributed by atoms with van der Waals surface area (Å²) in [6.07, 6.45) is 0. The number of hydrogen-bond donors (Lipinski definition) is 2. The van der Waals surface area contributed by atoms with E-state index in [4.69, 9.17) is 5.26 Å². The number of carbonyl (C=O) groups is 3. The topological polar surface area (TPSA) is 99.1 Å². The van der Waals surface area contributed by atoms with E-state index in [0.29, 0.717) is 6.54 Å². The van der Waals surface area contributed by atoms with Crippen LogP contribution in [0.2, 0.25) is 0 Å². The molecule has 0 saturated heterocycles. The maximum absolute atomic E-state index is 12.0. The normalized spacial score (nSPS) is 12.6. The minimum Gasteiger partial charge on any atom is -0.350 e. The van der Waals surface area contributed by atoms with Crippen LogP contribution >= 0.6 is 11.8 Å². The van der Waals surface area contributed by atoms with Crippen LogP contribution < -0.4 is 10.6 Å². The van der Waals surface area contributed by atoms with Crippen molar-refractivity contribution in [2.45, 2.75) is 31.7 Å². The van der Waals surface area contributed by atoms with E-state index < -0.39 is 17.2 Å². The van der Waals surface area contributed by atoms with Gasteiger partial charge >= 0.3 is 0 Å². The number of benzene rings is 1. The SMILES string of the molecule is CC(=O)NC(CSC(C#N)C(=O)NCc1ccccc1)C(C)=O. The Morgan fingerprint density at radius 1 is 1.22 bits per heavy atom. The van der Waals surface area contributed by atoms with Gasteiger partial charge in [-0.05, 0) is 12.5 Å². The van der Waals surface area contributed by atoms with Crippen LogP contribution in [0.25, 0.3) is 0 Å². The molecule has 6 nitrogen and oxygen atoms in total. The molecule has 0 saturated carbocycles. The van der Waals surface area contributed by atoms with E-state index in [1.165, 1.54) is 13.8 Å². The third kappa shape index (κ3) is 6.98. The second kappa shape index (κ2) is 9.64. The zero-order chi connectivity index (χ0) is 17.2. The van der Waals surface area contributed by atoms with Crippen LogP contribution in [0.15, 0.2) is 30.3 Å². The van der Waals surface area contributed by atoms with Crippen molar-refractivity contribution >= 4 is 29.4 Å². The molecule has 0 aromatic heterocycles. The summed E-state index contributed by atoms with van der Waals surface area (Å²) in [6, 6.07) is 10.6. The lowest BCUT2D eigenvalue weighted by molar-refractivity contribution is -0.125. The van der Waals surface area contributed by atoms with E-state index in [-0.39, 0.29) is 17.4 Å². The molecule has 0 heterocycles. The molecule has 0 bridgehead atoms. The molecule has 0 radical (unpaired) electrons. The maximum Gasteiger partial charge on any atom is 0.247 e. The summed E-state index contributed by atoms with van der Waals surface area (Å²) in [5, 5.41) is 13.4. The van der Waals surface area contributed by atoms with E-state index in [2.05, 4.69) is 10.6 Å². The molecule has 0 spiro atoms. The molecule has 0 aliphatic heterocycles. The van der Waals surface area contributed by atoms with Gasteiger partial charge < -0.3 is 10.6 Å². The highest BCUT2D eigenvalue weighted by atomic mass is 32.2. The summed E-state index contributed by atoms with van der Waals surface area (Å²) < 4.78 is 0. The summed E-state index contributed by atoms with van der Waals surface area (Å²) in [6.45, 7) is 3.01. The number of hydrogen-bond acceptors (Lipinski definition) is 5. The summed E-state index contributed by atoms with van der Waals surface area (Å²) in [5.41, 5.74) is 0.933. The van der Waals surface area contributed by atoms with Crippen molar-refractivity contribution < 1.29 is 14.4 Å². The number of amides is 2. The molecule has 2 amide bonds. The van der Waals surface area contributed by atoms with Gasteiger partial charge in [0.1, 0.15) is 0 Å². The number of ketones is 1. The second-order valence-electron chi connectivity index (χ2n) is 4.91. The number of Topliss-reactive ketones (excluding diaryl/α,β-unsaturated/α-hetero) is 1. The second-order valence-corrected chi connectivity index (χ2v) is 6.05. The molecule has 0 aliphatic rings. The van der Waals surface area contributed by atoms with Crippen molar-refractivity contribution in [3.05, 3.63) is 35.9 Å². The first-order valence-electron chi connectivity index (χ1n) is 7.04. The van der Waals surface area contributed by atoms with Crippen molar-refractivity contribution in [3.8, 4) is 6.07 Å². The fraction of sp³-hybridized carbons (Fsp3) is 0.375. The summed E-state index contributed by atoms with van der Waals surface area (Å²) in [5.74, 6) is -0.778. The van der Waals surface area contributed by atoms with Crippen LogP contribution in [0.3, 0.4) is 0 Å². The first-order chi connectivity index (χ1) is 10.9. The van der Waals surface area contributed by atoms with Crippen LogP contribution in [0.4, 0.5) is 0 Å². The predicted molar refractivity (Wildman–Crippen MR) is 88.4 cm³/mol. The molecular formula is C16H19N3O3S. The Morgan fingerprint density at radius 2 is 1.87 bits per heavy atom. The predicted octanol–water partition coefficient (Wildman–Crippen LogP) is 1.02. The van der Waals surface area contributed by atoms with Crippen molar-refractivity contribution in [3.63, 3.8) is 0 Å². The highest BCUT2D eigenvalue weighted by molar-refractivity contribution is 8.00. The fourth-order valence-corrected chi connectivity index (χ4v) is 2.76. The molecule has 2 unspecified atom stereocenters. The fourth-order valence-electron chi connectivity index (χ4n) is 1.75. The molecule has 1 aromatic carbocycles. The van der Waals surface area contributed by atoms with Crippen molar-refractivity contribution in [1.82, 2.24) is 10.6 Å². The molecule has 122 valence electrons. The van der Waals surface area contributed by atoms with Gasteiger partial charge in [-0.3, -0.25) is 14.4 Å². The molecular weight excluding hydrogens is 314 g/mol. The molecule has 1 rings (SSSR count). The third-order valence-electron chi connectivity index (χ3n) is 2.96. The Morgan fingerprint density at radius 3 is 2.39 bits per heavy atom. The average Bonchev–Trinajstić information content (AvgIpc) is 2.52. The lowest BCUT2D eigenvalue weighted by Crippen LogP contribution is -2.41. The molecule has 2 atom stereocenters. The van der Waals surface area contributed by atoms with Crippen LogP contribution in [0, 0.1) is 11.3 Å². The first kappa shape index (κ1) is 18.7. The van der Waals surface area contributed by atoms with Gasteiger partial charge in [0, 0.05) is 19.2 Å². The van der Waals surface area contributed by atoms with Crippen LogP contribution in [-0.2, 0) is 20.9 Å². The summed E-state index contributed by atoms with van der Waals surface area (Å²) >= 11 is 1.03. The van der Waals surface area contributed by atoms with Crippen LogP contribution in [-0.4, -0.2) is 34.6 Å². The minimum atomic E-state index is -0.936. The number of nitrogens with zero attached hydrogens (tertiary/aromatic N) is 1. The monoisotopic (exact) mass is 333 g/mol. The molecule has 0 fully saturated rings. The summed E-state index contributed by atoms with van der Waals surface area (Å²) in [7, 11) is 0. The van der Waals surface area contributed by atoms with E-state index in [1.54, 1.807) is 0 Å². The Bertz CT molecular complexity index is 598. The average molecular weight is 333 g/mol. The number of carbonyl (C=O) groups excluding carboxylic acids is 3. The smallest absolute Gasteiger partial charge is 0.247 e. The standard InChI is InChI=1S/C16H19N3O3S/c1-11(20)14(19-12(2)21)10-23-15(8-17)16(22)18-9-13-6-4-3-5-7-13/h3-7,14-15H,9-10H2,1-2H3,(H,18,22)(H,19,21). The van der Waals surface area contributed by atoms with Gasteiger partial charge in [-0.15, -0.1) is 11.8 Å². The van der Waals surface area contributed by atoms with Gasteiger partial charge in [0.2, 0.25) is 11.8 Å². The number of nitrogens with one attached hydrogen (secondary N) is 2.